The summed E-state index contributed by atoms with van der Waals surface area (Å²) < 4.78 is 0. The normalized spacial score (nSPS) is 14.2. The van der Waals surface area contributed by atoms with Crippen molar-refractivity contribution in [2.24, 2.45) is 11.5 Å². The minimum atomic E-state index is -1.58. The van der Waals surface area contributed by atoms with Gasteiger partial charge in [-0.15, -0.1) is 0 Å². The van der Waals surface area contributed by atoms with Crippen molar-refractivity contribution in [1.29, 1.82) is 0 Å². The first-order valence-electron chi connectivity index (χ1n) is 11.9. The maximum atomic E-state index is 13.2. The number of aromatic nitrogens is 1. The number of aliphatic carboxylic acids is 2. The lowest BCUT2D eigenvalue weighted by Gasteiger charge is -2.24. The van der Waals surface area contributed by atoms with Crippen molar-refractivity contribution < 1.29 is 34.2 Å². The van der Waals surface area contributed by atoms with Gasteiger partial charge in [-0.05, 0) is 44.4 Å². The number of H-pyrrole nitrogens is 1. The van der Waals surface area contributed by atoms with Crippen LogP contribution < -0.4 is 27.4 Å². The van der Waals surface area contributed by atoms with Gasteiger partial charge in [0, 0.05) is 23.5 Å². The second-order valence-corrected chi connectivity index (χ2v) is 8.76. The van der Waals surface area contributed by atoms with Gasteiger partial charge in [0.15, 0.2) is 0 Å². The fourth-order valence-electron chi connectivity index (χ4n) is 3.71. The Balaban J connectivity index is 2.24. The van der Waals surface area contributed by atoms with Crippen molar-refractivity contribution in [3.05, 3.63) is 36.0 Å². The number of carbonyl (C=O) groups excluding carboxylic acids is 3. The molecule has 0 aliphatic heterocycles. The van der Waals surface area contributed by atoms with E-state index >= 15 is 0 Å². The zero-order chi connectivity index (χ0) is 27.5. The van der Waals surface area contributed by atoms with E-state index in [0.717, 1.165) is 10.9 Å². The van der Waals surface area contributed by atoms with E-state index in [1.165, 1.54) is 6.92 Å². The largest absolute Gasteiger partial charge is 0.481 e. The molecule has 10 N–H and O–H groups in total. The third kappa shape index (κ3) is 8.88. The third-order valence-corrected chi connectivity index (χ3v) is 5.72. The first kappa shape index (κ1) is 29.3. The van der Waals surface area contributed by atoms with Gasteiger partial charge < -0.3 is 42.6 Å². The Morgan fingerprint density at radius 3 is 2.16 bits per heavy atom. The van der Waals surface area contributed by atoms with Crippen molar-refractivity contribution in [3.63, 3.8) is 0 Å². The summed E-state index contributed by atoms with van der Waals surface area (Å²) >= 11 is 0. The Morgan fingerprint density at radius 2 is 1.54 bits per heavy atom. The number of nitrogens with one attached hydrogen (secondary N) is 4. The van der Waals surface area contributed by atoms with Gasteiger partial charge in [0.2, 0.25) is 17.7 Å². The fraction of sp³-hybridized carbons (Fsp3) is 0.458. The van der Waals surface area contributed by atoms with E-state index in [0.29, 0.717) is 24.9 Å². The highest BCUT2D eigenvalue weighted by Gasteiger charge is 2.31. The smallest absolute Gasteiger partial charge is 0.326 e. The number of carboxylic acids is 2. The second-order valence-electron chi connectivity index (χ2n) is 8.76. The van der Waals surface area contributed by atoms with Gasteiger partial charge in [-0.3, -0.25) is 19.2 Å². The number of hydrogen-bond acceptors (Lipinski definition) is 7. The molecule has 0 aliphatic rings. The molecule has 2 aromatic rings. The van der Waals surface area contributed by atoms with Gasteiger partial charge in [-0.1, -0.05) is 18.2 Å². The molecular formula is C24H34N6O7. The van der Waals surface area contributed by atoms with Crippen molar-refractivity contribution in [3.8, 4) is 0 Å². The van der Waals surface area contributed by atoms with Crippen LogP contribution in [0.4, 0.5) is 0 Å². The van der Waals surface area contributed by atoms with E-state index in [-0.39, 0.29) is 12.8 Å². The Morgan fingerprint density at radius 1 is 0.919 bits per heavy atom. The van der Waals surface area contributed by atoms with Crippen LogP contribution in [0, 0.1) is 0 Å². The minimum absolute atomic E-state index is 0.0204. The topological polar surface area (TPSA) is 230 Å². The van der Waals surface area contributed by atoms with Crippen molar-refractivity contribution >= 4 is 40.6 Å². The molecule has 13 nitrogen and oxygen atoms in total. The quantitative estimate of drug-likeness (QED) is 0.138. The van der Waals surface area contributed by atoms with E-state index in [2.05, 4.69) is 20.9 Å². The van der Waals surface area contributed by atoms with Crippen LogP contribution in [-0.2, 0) is 30.4 Å². The number of carbonyl (C=O) groups is 5. The monoisotopic (exact) mass is 518 g/mol. The summed E-state index contributed by atoms with van der Waals surface area (Å²) in [5, 5.41) is 26.7. The van der Waals surface area contributed by atoms with Gasteiger partial charge in [-0.2, -0.15) is 0 Å². The molecule has 0 radical (unpaired) electrons. The molecule has 0 fully saturated rings. The van der Waals surface area contributed by atoms with Crippen LogP contribution in [0.15, 0.2) is 30.5 Å². The predicted octanol–water partition coefficient (Wildman–Crippen LogP) is -0.800. The first-order valence-corrected chi connectivity index (χ1v) is 11.9. The second kappa shape index (κ2) is 13.9. The number of benzene rings is 1. The average Bonchev–Trinajstić information content (AvgIpc) is 3.24. The van der Waals surface area contributed by atoms with Gasteiger partial charge in [0.05, 0.1) is 12.5 Å². The molecule has 1 heterocycles. The lowest BCUT2D eigenvalue weighted by molar-refractivity contribution is -0.143. The average molecular weight is 519 g/mol. The van der Waals surface area contributed by atoms with Gasteiger partial charge in [0.1, 0.15) is 18.1 Å². The molecule has 1 aromatic carbocycles. The number of hydrogen-bond donors (Lipinski definition) is 8. The summed E-state index contributed by atoms with van der Waals surface area (Å²) in [7, 11) is 0. The molecule has 37 heavy (non-hydrogen) atoms. The highest BCUT2D eigenvalue weighted by molar-refractivity contribution is 5.96. The molecule has 202 valence electrons. The zero-order valence-electron chi connectivity index (χ0n) is 20.5. The summed E-state index contributed by atoms with van der Waals surface area (Å²) in [6.07, 6.45) is 1.96. The number of rotatable bonds is 15. The van der Waals surface area contributed by atoms with Crippen LogP contribution in [0.1, 0.15) is 38.2 Å². The Kier molecular flexibility index (Phi) is 11.0. The molecule has 3 amide bonds. The van der Waals surface area contributed by atoms with Crippen molar-refractivity contribution in [2.75, 3.05) is 6.54 Å². The summed E-state index contributed by atoms with van der Waals surface area (Å²) in [5.41, 5.74) is 12.6. The third-order valence-electron chi connectivity index (χ3n) is 5.72. The molecule has 1 aromatic heterocycles. The lowest BCUT2D eigenvalue weighted by atomic mass is 10.0. The maximum Gasteiger partial charge on any atom is 0.326 e. The molecule has 0 saturated heterocycles. The number of para-hydroxylation sites is 1. The van der Waals surface area contributed by atoms with Crippen LogP contribution in [0.25, 0.3) is 10.9 Å². The molecule has 13 heteroatoms. The van der Waals surface area contributed by atoms with E-state index in [9.17, 15) is 34.2 Å². The molecule has 0 bridgehead atoms. The van der Waals surface area contributed by atoms with E-state index in [4.69, 9.17) is 11.5 Å². The summed E-state index contributed by atoms with van der Waals surface area (Å²) in [6.45, 7) is 1.79. The minimum Gasteiger partial charge on any atom is -0.481 e. The highest BCUT2D eigenvalue weighted by atomic mass is 16.4. The molecule has 2 rings (SSSR count). The first-order chi connectivity index (χ1) is 17.5. The van der Waals surface area contributed by atoms with Crippen LogP contribution in [0.2, 0.25) is 0 Å². The number of fused-ring (bicyclic) bond motifs is 1. The van der Waals surface area contributed by atoms with Crippen molar-refractivity contribution in [2.45, 2.75) is 63.2 Å². The highest BCUT2D eigenvalue weighted by Crippen LogP contribution is 2.19. The molecular weight excluding hydrogens is 484 g/mol. The van der Waals surface area contributed by atoms with Crippen LogP contribution in [-0.4, -0.2) is 75.6 Å². The van der Waals surface area contributed by atoms with Gasteiger partial charge >= 0.3 is 11.9 Å². The van der Waals surface area contributed by atoms with Gasteiger partial charge in [-0.25, -0.2) is 4.79 Å². The SMILES string of the molecule is CC(N)C(=O)NC(Cc1c[nH]c2ccccc12)C(=O)NC(CC(=O)O)C(=O)NC(CCCCN)C(=O)O. The number of aromatic amines is 1. The van der Waals surface area contributed by atoms with Gasteiger partial charge in [0.25, 0.3) is 0 Å². The number of carboxylic acid groups (broad SMARTS) is 2. The summed E-state index contributed by atoms with van der Waals surface area (Å²) in [6, 6.07) is 2.33. The van der Waals surface area contributed by atoms with Crippen molar-refractivity contribution in [1.82, 2.24) is 20.9 Å². The molecule has 4 atom stereocenters. The summed E-state index contributed by atoms with van der Waals surface area (Å²) in [4.78, 5) is 64.4. The Bertz CT molecular complexity index is 1120. The number of unbranched alkanes of at least 4 members (excludes halogenated alkanes) is 1. The maximum absolute atomic E-state index is 13.2. The van der Waals surface area contributed by atoms with Crippen LogP contribution in [0.5, 0.6) is 0 Å². The molecule has 0 spiro atoms. The zero-order valence-corrected chi connectivity index (χ0v) is 20.5. The fourth-order valence-corrected chi connectivity index (χ4v) is 3.71. The van der Waals surface area contributed by atoms with Crippen LogP contribution in [0.3, 0.4) is 0 Å². The van der Waals surface area contributed by atoms with E-state index < -0.39 is 60.2 Å². The number of amides is 3. The molecule has 4 unspecified atom stereocenters. The Hall–Kier alpha value is -3.97. The van der Waals surface area contributed by atoms with E-state index in [1.54, 1.807) is 6.20 Å². The van der Waals surface area contributed by atoms with E-state index in [1.807, 2.05) is 24.3 Å². The number of nitrogens with two attached hydrogens (primary N) is 2. The molecule has 0 aliphatic carbocycles. The summed E-state index contributed by atoms with van der Waals surface area (Å²) in [5.74, 6) is -5.10. The molecule has 0 saturated carbocycles. The lowest BCUT2D eigenvalue weighted by Crippen LogP contribution is -2.57. The van der Waals surface area contributed by atoms with Crippen LogP contribution >= 0.6 is 0 Å². The standard InChI is InChI=1S/C24H34N6O7/c1-13(26)21(33)29-18(10-14-12-27-16-7-3-2-6-15(14)16)22(34)30-19(11-20(31)32)23(35)28-17(24(36)37)8-4-5-9-25/h2-3,6-7,12-13,17-19,27H,4-5,8-11,25-26H2,1H3,(H,28,35)(H,29,33)(H,30,34)(H,31,32)(H,36,37). The predicted molar refractivity (Wildman–Crippen MR) is 134 cm³/mol. The Labute approximate surface area is 213 Å².